The van der Waals surface area contributed by atoms with Gasteiger partial charge >= 0.3 is 0 Å². The van der Waals surface area contributed by atoms with E-state index in [0.717, 1.165) is 6.42 Å². The van der Waals surface area contributed by atoms with E-state index in [1.165, 1.54) is 20.4 Å². The summed E-state index contributed by atoms with van der Waals surface area (Å²) in [5, 5.41) is 26.2. The summed E-state index contributed by atoms with van der Waals surface area (Å²) in [6.45, 7) is 2.91. The minimum Gasteiger partial charge on any atom is -0.493 e. The number of aromatic nitrogens is 1. The van der Waals surface area contributed by atoms with Crippen LogP contribution in [0.2, 0.25) is 0 Å². The molecule has 1 fully saturated rings. The smallest absolute Gasteiger partial charge is 0.291 e. The van der Waals surface area contributed by atoms with Gasteiger partial charge in [-0.1, -0.05) is 6.92 Å². The lowest BCUT2D eigenvalue weighted by Crippen LogP contribution is -2.41. The lowest BCUT2D eigenvalue weighted by Gasteiger charge is -2.30. The third-order valence-corrected chi connectivity index (χ3v) is 6.76. The van der Waals surface area contributed by atoms with Crippen molar-refractivity contribution in [2.75, 3.05) is 43.5 Å². The Balaban J connectivity index is 1.90. The molecule has 12 heteroatoms. The molecule has 0 aliphatic carbocycles. The van der Waals surface area contributed by atoms with Crippen LogP contribution in [0.15, 0.2) is 24.4 Å². The highest BCUT2D eigenvalue weighted by Crippen LogP contribution is 2.41. The number of methoxy groups -OCH3 is 2. The first kappa shape index (κ1) is 26.2. The molecule has 2 aromatic rings. The van der Waals surface area contributed by atoms with E-state index in [2.05, 4.69) is 9.71 Å². The first-order valence-corrected chi connectivity index (χ1v) is 12.5. The second kappa shape index (κ2) is 11.8. The molecular weight excluding hydrogens is 472 g/mol. The van der Waals surface area contributed by atoms with E-state index in [1.54, 1.807) is 23.1 Å². The summed E-state index contributed by atoms with van der Waals surface area (Å²) < 4.78 is 31.7. The summed E-state index contributed by atoms with van der Waals surface area (Å²) in [5.74, 6) is 1.24. The van der Waals surface area contributed by atoms with Gasteiger partial charge in [-0.05, 0) is 43.0 Å². The summed E-state index contributed by atoms with van der Waals surface area (Å²) in [5.41, 5.74) is 8.08. The fourth-order valence-corrected chi connectivity index (χ4v) is 4.54. The first-order chi connectivity index (χ1) is 16.8. The third kappa shape index (κ3) is 6.40. The van der Waals surface area contributed by atoms with Crippen molar-refractivity contribution in [1.29, 1.82) is 10.8 Å². The Kier molecular flexibility index (Phi) is 8.88. The van der Waals surface area contributed by atoms with E-state index < -0.39 is 11.0 Å². The van der Waals surface area contributed by atoms with E-state index in [-0.39, 0.29) is 23.8 Å². The minimum atomic E-state index is -1.32. The van der Waals surface area contributed by atoms with Crippen molar-refractivity contribution >= 4 is 34.4 Å². The SMILES string of the molecule is CCCS(=O)Nc1cc(-c2cc(C(=N)OC(=N)N3CCC(O)CC3)cnc2N)cc(OC)c1OC. The quantitative estimate of drug-likeness (QED) is 0.270. The maximum atomic E-state index is 12.4. The Labute approximate surface area is 207 Å². The third-order valence-electron chi connectivity index (χ3n) is 5.53. The van der Waals surface area contributed by atoms with Crippen LogP contribution in [0.4, 0.5) is 11.5 Å². The molecule has 1 atom stereocenters. The molecule has 1 unspecified atom stereocenters. The van der Waals surface area contributed by atoms with E-state index in [9.17, 15) is 9.32 Å². The summed E-state index contributed by atoms with van der Waals surface area (Å²) in [6, 6.07) is 4.94. The van der Waals surface area contributed by atoms with Gasteiger partial charge in [0.25, 0.3) is 6.02 Å². The molecule has 11 nitrogen and oxygen atoms in total. The number of hydrogen-bond acceptors (Lipinski definition) is 9. The van der Waals surface area contributed by atoms with Crippen LogP contribution in [0.5, 0.6) is 11.5 Å². The fourth-order valence-electron chi connectivity index (χ4n) is 3.67. The van der Waals surface area contributed by atoms with Gasteiger partial charge in [0.05, 0.1) is 31.6 Å². The van der Waals surface area contributed by atoms with Gasteiger partial charge in [-0.25, -0.2) is 9.19 Å². The van der Waals surface area contributed by atoms with Crippen molar-refractivity contribution in [3.05, 3.63) is 30.0 Å². The van der Waals surface area contributed by atoms with Gasteiger partial charge in [0, 0.05) is 30.6 Å². The number of piperidine rings is 1. The summed E-state index contributed by atoms with van der Waals surface area (Å²) in [4.78, 5) is 5.89. The molecule has 1 aromatic carbocycles. The number of benzene rings is 1. The van der Waals surface area contributed by atoms with Gasteiger partial charge in [0.15, 0.2) is 11.5 Å². The lowest BCUT2D eigenvalue weighted by atomic mass is 10.0. The van der Waals surface area contributed by atoms with Crippen LogP contribution in [0.1, 0.15) is 31.7 Å². The normalized spacial score (nSPS) is 14.8. The highest BCUT2D eigenvalue weighted by molar-refractivity contribution is 7.86. The second-order valence-electron chi connectivity index (χ2n) is 8.02. The zero-order valence-corrected chi connectivity index (χ0v) is 20.9. The predicted octanol–water partition coefficient (Wildman–Crippen LogP) is 2.57. The molecular formula is C23H32N6O5S. The Bertz CT molecular complexity index is 1100. The molecule has 2 heterocycles. The number of ether oxygens (including phenoxy) is 3. The van der Waals surface area contributed by atoms with Gasteiger partial charge in [-0.2, -0.15) is 0 Å². The molecule has 1 saturated heterocycles. The maximum Gasteiger partial charge on any atom is 0.291 e. The molecule has 0 saturated carbocycles. The van der Waals surface area contributed by atoms with Crippen LogP contribution in [-0.2, 0) is 15.7 Å². The molecule has 0 spiro atoms. The number of anilines is 2. The molecule has 0 amide bonds. The number of nitrogens with one attached hydrogen (secondary N) is 3. The van der Waals surface area contributed by atoms with Crippen LogP contribution in [0, 0.1) is 10.8 Å². The number of nitrogens with two attached hydrogens (primary N) is 1. The average Bonchev–Trinajstić information content (AvgIpc) is 2.84. The summed E-state index contributed by atoms with van der Waals surface area (Å²) in [7, 11) is 1.68. The van der Waals surface area contributed by atoms with Crippen molar-refractivity contribution in [3.63, 3.8) is 0 Å². The zero-order valence-electron chi connectivity index (χ0n) is 20.1. The molecule has 1 aliphatic rings. The van der Waals surface area contributed by atoms with E-state index in [0.29, 0.717) is 65.6 Å². The fraction of sp³-hybridized carbons (Fsp3) is 0.435. The number of nitrogen functional groups attached to an aromatic ring is 1. The summed E-state index contributed by atoms with van der Waals surface area (Å²) >= 11 is 0. The van der Waals surface area contributed by atoms with Crippen molar-refractivity contribution in [1.82, 2.24) is 9.88 Å². The highest BCUT2D eigenvalue weighted by Gasteiger charge is 2.22. The first-order valence-electron chi connectivity index (χ1n) is 11.2. The van der Waals surface area contributed by atoms with Crippen LogP contribution < -0.4 is 19.9 Å². The number of aliphatic hydroxyl groups is 1. The van der Waals surface area contributed by atoms with Gasteiger partial charge in [-0.15, -0.1) is 0 Å². The number of rotatable bonds is 8. The summed E-state index contributed by atoms with van der Waals surface area (Å²) in [6.07, 6.45) is 2.87. The molecule has 0 radical (unpaired) electrons. The monoisotopic (exact) mass is 504 g/mol. The standard InChI is InChI=1S/C23H32N6O5S/c1-4-9-35(31)28-18-11-14(12-19(32-2)20(18)33-3)17-10-15(13-27-21(17)24)22(25)34-23(26)29-7-5-16(30)6-8-29/h10-13,16,25-26,28,30H,4-9H2,1-3H3,(H2,24,27). The van der Waals surface area contributed by atoms with Crippen LogP contribution in [0.25, 0.3) is 11.1 Å². The second-order valence-corrected chi connectivity index (χ2v) is 9.33. The van der Waals surface area contributed by atoms with Crippen molar-refractivity contribution in [2.45, 2.75) is 32.3 Å². The molecule has 1 aliphatic heterocycles. The van der Waals surface area contributed by atoms with Crippen molar-refractivity contribution in [3.8, 4) is 22.6 Å². The highest BCUT2D eigenvalue weighted by atomic mass is 32.2. The molecule has 3 rings (SSSR count). The van der Waals surface area contributed by atoms with Crippen molar-refractivity contribution < 1.29 is 23.5 Å². The van der Waals surface area contributed by atoms with Crippen molar-refractivity contribution in [2.24, 2.45) is 0 Å². The number of pyridine rings is 1. The predicted molar refractivity (Wildman–Crippen MR) is 137 cm³/mol. The van der Waals surface area contributed by atoms with E-state index in [4.69, 9.17) is 30.8 Å². The largest absolute Gasteiger partial charge is 0.493 e. The van der Waals surface area contributed by atoms with Crippen LogP contribution in [-0.4, -0.2) is 70.3 Å². The molecule has 1 aromatic heterocycles. The zero-order chi connectivity index (χ0) is 25.5. The number of hydrogen-bond donors (Lipinski definition) is 5. The van der Waals surface area contributed by atoms with E-state index in [1.807, 2.05) is 6.92 Å². The van der Waals surface area contributed by atoms with Gasteiger partial charge in [0.1, 0.15) is 16.8 Å². The molecule has 190 valence electrons. The van der Waals surface area contributed by atoms with E-state index >= 15 is 0 Å². The average molecular weight is 505 g/mol. The maximum absolute atomic E-state index is 12.4. The Morgan fingerprint density at radius 1 is 1.26 bits per heavy atom. The van der Waals surface area contributed by atoms with Gasteiger partial charge in [-0.3, -0.25) is 10.8 Å². The Morgan fingerprint density at radius 3 is 2.60 bits per heavy atom. The van der Waals surface area contributed by atoms with Crippen LogP contribution in [0.3, 0.4) is 0 Å². The molecule has 6 N–H and O–H groups in total. The van der Waals surface area contributed by atoms with Gasteiger partial charge in [0.2, 0.25) is 5.90 Å². The minimum absolute atomic E-state index is 0.156. The number of nitrogens with zero attached hydrogens (tertiary/aromatic N) is 2. The molecule has 35 heavy (non-hydrogen) atoms. The Morgan fingerprint density at radius 2 is 1.97 bits per heavy atom. The number of amidine groups is 1. The van der Waals surface area contributed by atoms with Gasteiger partial charge < -0.3 is 34.7 Å². The molecule has 0 bridgehead atoms. The van der Waals surface area contributed by atoms with Crippen LogP contribution >= 0.6 is 0 Å². The topological polar surface area (TPSA) is 167 Å². The number of likely N-dealkylation sites (tertiary alicyclic amines) is 1. The Hall–Kier alpha value is -3.38. The lowest BCUT2D eigenvalue weighted by molar-refractivity contribution is 0.102. The number of aliphatic hydroxyl groups excluding tert-OH is 1.